The molecular formula is C12H14FNO4. The zero-order chi connectivity index (χ0) is 13.7. The summed E-state index contributed by atoms with van der Waals surface area (Å²) in [5, 5.41) is 20.1. The largest absolute Gasteiger partial charge is 0.480 e. The first-order chi connectivity index (χ1) is 8.41. The molecule has 1 amide bonds. The van der Waals surface area contributed by atoms with Crippen LogP contribution in [-0.4, -0.2) is 34.2 Å². The van der Waals surface area contributed by atoms with E-state index < -0.39 is 29.8 Å². The van der Waals surface area contributed by atoms with Gasteiger partial charge < -0.3 is 15.5 Å². The Kier molecular flexibility index (Phi) is 4.79. The molecule has 6 heteroatoms. The van der Waals surface area contributed by atoms with Crippen LogP contribution in [0, 0.1) is 5.82 Å². The third-order valence-electron chi connectivity index (χ3n) is 2.38. The zero-order valence-corrected chi connectivity index (χ0v) is 9.76. The normalized spacial score (nSPS) is 13.7. The molecule has 0 radical (unpaired) electrons. The summed E-state index contributed by atoms with van der Waals surface area (Å²) < 4.78 is 13.4. The van der Waals surface area contributed by atoms with Crippen molar-refractivity contribution in [1.82, 2.24) is 5.32 Å². The summed E-state index contributed by atoms with van der Waals surface area (Å²) in [6, 6.07) is 4.45. The van der Waals surface area contributed by atoms with Crippen LogP contribution in [0.1, 0.15) is 12.5 Å². The van der Waals surface area contributed by atoms with Crippen molar-refractivity contribution in [1.29, 1.82) is 0 Å². The quantitative estimate of drug-likeness (QED) is 0.707. The minimum Gasteiger partial charge on any atom is -0.480 e. The summed E-state index contributed by atoms with van der Waals surface area (Å²) in [6.07, 6.45) is -1.49. The molecule has 1 rings (SSSR count). The fraction of sp³-hybridized carbons (Fsp3) is 0.333. The monoisotopic (exact) mass is 255 g/mol. The van der Waals surface area contributed by atoms with Crippen LogP contribution in [0.25, 0.3) is 0 Å². The van der Waals surface area contributed by atoms with Gasteiger partial charge in [0.1, 0.15) is 18.0 Å². The number of halogens is 1. The fourth-order valence-corrected chi connectivity index (χ4v) is 1.38. The summed E-state index contributed by atoms with van der Waals surface area (Å²) in [7, 11) is 0. The van der Waals surface area contributed by atoms with Gasteiger partial charge in [0.15, 0.2) is 0 Å². The molecule has 0 aromatic heterocycles. The van der Waals surface area contributed by atoms with Crippen LogP contribution in [0.3, 0.4) is 0 Å². The average molecular weight is 255 g/mol. The Bertz CT molecular complexity index is 447. The number of carboxylic acid groups (broad SMARTS) is 1. The molecule has 0 aliphatic heterocycles. The van der Waals surface area contributed by atoms with Gasteiger partial charge in [-0.25, -0.2) is 9.18 Å². The molecule has 3 N–H and O–H groups in total. The van der Waals surface area contributed by atoms with E-state index in [4.69, 9.17) is 10.2 Å². The molecule has 2 atom stereocenters. The summed E-state index contributed by atoms with van der Waals surface area (Å²) in [6.45, 7) is 1.22. The van der Waals surface area contributed by atoms with Crippen LogP contribution in [-0.2, 0) is 16.0 Å². The number of nitrogens with one attached hydrogen (secondary N) is 1. The van der Waals surface area contributed by atoms with Gasteiger partial charge in [-0.1, -0.05) is 18.2 Å². The van der Waals surface area contributed by atoms with Gasteiger partial charge >= 0.3 is 5.97 Å². The maximum Gasteiger partial charge on any atom is 0.326 e. The van der Waals surface area contributed by atoms with E-state index in [1.807, 2.05) is 0 Å². The van der Waals surface area contributed by atoms with Crippen molar-refractivity contribution in [3.8, 4) is 0 Å². The average Bonchev–Trinajstić information content (AvgIpc) is 2.30. The molecule has 5 nitrogen and oxygen atoms in total. The Balaban J connectivity index is 2.79. The van der Waals surface area contributed by atoms with Crippen LogP contribution in [0.5, 0.6) is 0 Å². The highest BCUT2D eigenvalue weighted by atomic mass is 19.1. The van der Waals surface area contributed by atoms with Crippen LogP contribution >= 0.6 is 0 Å². The van der Waals surface area contributed by atoms with Crippen LogP contribution in [0.2, 0.25) is 0 Å². The molecule has 0 fully saturated rings. The summed E-state index contributed by atoms with van der Waals surface area (Å²) in [4.78, 5) is 22.2. The number of aliphatic hydroxyl groups is 1. The number of carbonyl (C=O) groups is 2. The predicted octanol–water partition coefficient (Wildman–Crippen LogP) is 0.318. The molecule has 0 spiro atoms. The molecule has 0 saturated heterocycles. The molecule has 0 aliphatic carbocycles. The van der Waals surface area contributed by atoms with Gasteiger partial charge in [-0.05, 0) is 18.6 Å². The highest BCUT2D eigenvalue weighted by Gasteiger charge is 2.23. The molecule has 18 heavy (non-hydrogen) atoms. The summed E-state index contributed by atoms with van der Waals surface area (Å²) >= 11 is 0. The minimum atomic E-state index is -1.31. The molecular weight excluding hydrogens is 241 g/mol. The van der Waals surface area contributed by atoms with E-state index in [2.05, 4.69) is 5.32 Å². The Labute approximate surface area is 103 Å². The maximum atomic E-state index is 13.4. The van der Waals surface area contributed by atoms with Gasteiger partial charge in [0.2, 0.25) is 5.91 Å². The molecule has 1 aromatic rings. The van der Waals surface area contributed by atoms with E-state index in [1.165, 1.54) is 25.1 Å². The number of amides is 1. The highest BCUT2D eigenvalue weighted by Crippen LogP contribution is 2.09. The fourth-order valence-electron chi connectivity index (χ4n) is 1.38. The highest BCUT2D eigenvalue weighted by molar-refractivity contribution is 5.86. The van der Waals surface area contributed by atoms with Gasteiger partial charge in [-0.15, -0.1) is 0 Å². The van der Waals surface area contributed by atoms with Crippen LogP contribution < -0.4 is 5.32 Å². The van der Waals surface area contributed by atoms with Crippen molar-refractivity contribution >= 4 is 11.9 Å². The Morgan fingerprint density at radius 2 is 2.00 bits per heavy atom. The van der Waals surface area contributed by atoms with E-state index >= 15 is 0 Å². The van der Waals surface area contributed by atoms with Gasteiger partial charge in [0.25, 0.3) is 0 Å². The third-order valence-corrected chi connectivity index (χ3v) is 2.38. The number of aliphatic hydroxyl groups excluding tert-OH is 1. The van der Waals surface area contributed by atoms with Crippen molar-refractivity contribution in [2.45, 2.75) is 25.5 Å². The van der Waals surface area contributed by atoms with Crippen molar-refractivity contribution < 1.29 is 24.2 Å². The molecule has 1 aromatic carbocycles. The van der Waals surface area contributed by atoms with E-state index in [-0.39, 0.29) is 12.0 Å². The number of benzene rings is 1. The Morgan fingerprint density at radius 1 is 1.39 bits per heavy atom. The van der Waals surface area contributed by atoms with Gasteiger partial charge in [-0.3, -0.25) is 4.79 Å². The van der Waals surface area contributed by atoms with Crippen molar-refractivity contribution in [3.05, 3.63) is 35.6 Å². The number of carboxylic acids is 1. The predicted molar refractivity (Wildman–Crippen MR) is 61.4 cm³/mol. The second kappa shape index (κ2) is 6.11. The van der Waals surface area contributed by atoms with Gasteiger partial charge in [-0.2, -0.15) is 0 Å². The first-order valence-corrected chi connectivity index (χ1v) is 5.36. The lowest BCUT2D eigenvalue weighted by atomic mass is 10.1. The van der Waals surface area contributed by atoms with E-state index in [1.54, 1.807) is 6.07 Å². The number of hydrogen-bond acceptors (Lipinski definition) is 3. The van der Waals surface area contributed by atoms with Crippen LogP contribution in [0.4, 0.5) is 4.39 Å². The van der Waals surface area contributed by atoms with Crippen molar-refractivity contribution in [3.63, 3.8) is 0 Å². The Morgan fingerprint density at radius 3 is 2.50 bits per heavy atom. The minimum absolute atomic E-state index is 0.180. The van der Waals surface area contributed by atoms with Gasteiger partial charge in [0, 0.05) is 6.42 Å². The zero-order valence-electron chi connectivity index (χ0n) is 9.76. The second-order valence-corrected chi connectivity index (χ2v) is 3.87. The van der Waals surface area contributed by atoms with Crippen LogP contribution in [0.15, 0.2) is 24.3 Å². The summed E-state index contributed by atoms with van der Waals surface area (Å²) in [5.74, 6) is -2.62. The Hall–Kier alpha value is -1.95. The van der Waals surface area contributed by atoms with E-state index in [9.17, 15) is 14.0 Å². The number of carbonyl (C=O) groups excluding carboxylic acids is 1. The van der Waals surface area contributed by atoms with E-state index in [0.29, 0.717) is 0 Å². The van der Waals surface area contributed by atoms with Gasteiger partial charge in [0.05, 0.1) is 0 Å². The summed E-state index contributed by atoms with van der Waals surface area (Å²) in [5.41, 5.74) is 0.191. The number of rotatable bonds is 5. The lowest BCUT2D eigenvalue weighted by Crippen LogP contribution is -2.46. The number of aliphatic carboxylic acids is 1. The lowest BCUT2D eigenvalue weighted by molar-refractivity contribution is -0.143. The first-order valence-electron chi connectivity index (χ1n) is 5.36. The third kappa shape index (κ3) is 3.81. The van der Waals surface area contributed by atoms with Crippen molar-refractivity contribution in [2.75, 3.05) is 0 Å². The molecule has 0 heterocycles. The first kappa shape index (κ1) is 14.1. The molecule has 0 bridgehead atoms. The molecule has 0 aliphatic rings. The SMILES string of the molecule is C[C@H](O)C(=O)N[C@@H](Cc1ccccc1F)C(=O)O. The maximum absolute atomic E-state index is 13.4. The second-order valence-electron chi connectivity index (χ2n) is 3.87. The standard InChI is InChI=1S/C12H14FNO4/c1-7(15)11(16)14-10(12(17)18)6-8-4-2-3-5-9(8)13/h2-5,7,10,15H,6H2,1H3,(H,14,16)(H,17,18)/t7-,10-/m0/s1. The topological polar surface area (TPSA) is 86.6 Å². The van der Waals surface area contributed by atoms with Crippen molar-refractivity contribution in [2.24, 2.45) is 0 Å². The van der Waals surface area contributed by atoms with E-state index in [0.717, 1.165) is 0 Å². The molecule has 0 unspecified atom stereocenters. The molecule has 98 valence electrons. The smallest absolute Gasteiger partial charge is 0.326 e. The lowest BCUT2D eigenvalue weighted by Gasteiger charge is -2.16. The number of hydrogen-bond donors (Lipinski definition) is 3. The molecule has 0 saturated carbocycles.